The van der Waals surface area contributed by atoms with E-state index < -0.39 is 11.6 Å². The van der Waals surface area contributed by atoms with Gasteiger partial charge < -0.3 is 10.1 Å². The second-order valence-electron chi connectivity index (χ2n) is 6.63. The van der Waals surface area contributed by atoms with Crippen molar-refractivity contribution in [3.8, 4) is 5.75 Å². The fourth-order valence-electron chi connectivity index (χ4n) is 1.42. The Kier molecular flexibility index (Phi) is 4.91. The number of rotatable bonds is 5. The molecule has 1 N–H and O–H groups in total. The lowest BCUT2D eigenvalue weighted by molar-refractivity contribution is 0.161. The minimum Gasteiger partial charge on any atom is -0.490 e. The number of ether oxygens (including phenoxy) is 1. The van der Waals surface area contributed by atoms with Crippen LogP contribution in [0.3, 0.4) is 0 Å². The summed E-state index contributed by atoms with van der Waals surface area (Å²) in [5, 5.41) is 3.39. The van der Waals surface area contributed by atoms with Gasteiger partial charge in [0, 0.05) is 23.6 Å². The third-order valence-corrected chi connectivity index (χ3v) is 2.61. The van der Waals surface area contributed by atoms with Crippen LogP contribution in [0.2, 0.25) is 0 Å². The third kappa shape index (κ3) is 6.01. The molecular weight excluding hydrogens is 248 g/mol. The Labute approximate surface area is 114 Å². The molecule has 0 saturated carbocycles. The molecule has 1 aromatic carbocycles. The monoisotopic (exact) mass is 271 g/mol. The number of benzene rings is 1. The molecule has 0 bridgehead atoms. The molecule has 0 amide bonds. The van der Waals surface area contributed by atoms with Gasteiger partial charge in [-0.05, 0) is 32.9 Å². The highest BCUT2D eigenvalue weighted by molar-refractivity contribution is 5.24. The van der Waals surface area contributed by atoms with Crippen LogP contribution in [0.4, 0.5) is 8.78 Å². The first-order chi connectivity index (χ1) is 8.59. The Bertz CT molecular complexity index is 425. The van der Waals surface area contributed by atoms with Crippen molar-refractivity contribution in [1.82, 2.24) is 5.32 Å². The highest BCUT2D eigenvalue weighted by Gasteiger charge is 2.22. The highest BCUT2D eigenvalue weighted by atomic mass is 19.1. The van der Waals surface area contributed by atoms with Gasteiger partial charge >= 0.3 is 0 Å². The summed E-state index contributed by atoms with van der Waals surface area (Å²) in [6.45, 7) is 11.4. The Balaban J connectivity index is 2.55. The molecule has 0 radical (unpaired) electrons. The Morgan fingerprint density at radius 1 is 1.11 bits per heavy atom. The summed E-state index contributed by atoms with van der Waals surface area (Å²) < 4.78 is 31.6. The van der Waals surface area contributed by atoms with E-state index in [9.17, 15) is 8.78 Å². The van der Waals surface area contributed by atoms with Crippen LogP contribution in [0.5, 0.6) is 5.75 Å². The summed E-state index contributed by atoms with van der Waals surface area (Å²) in [6, 6.07) is 3.34. The van der Waals surface area contributed by atoms with Crippen molar-refractivity contribution in [2.24, 2.45) is 5.41 Å². The first-order valence-corrected chi connectivity index (χ1v) is 6.42. The molecule has 0 aliphatic rings. The van der Waals surface area contributed by atoms with Crippen molar-refractivity contribution in [2.75, 3.05) is 13.2 Å². The zero-order valence-corrected chi connectivity index (χ0v) is 12.3. The van der Waals surface area contributed by atoms with Gasteiger partial charge in [0.15, 0.2) is 11.6 Å². The van der Waals surface area contributed by atoms with Gasteiger partial charge in [-0.3, -0.25) is 0 Å². The van der Waals surface area contributed by atoms with Gasteiger partial charge in [-0.25, -0.2) is 8.78 Å². The lowest BCUT2D eigenvalue weighted by atomic mass is 9.93. The predicted octanol–water partition coefficient (Wildman–Crippen LogP) is 3.76. The van der Waals surface area contributed by atoms with Crippen molar-refractivity contribution in [3.63, 3.8) is 0 Å². The quantitative estimate of drug-likeness (QED) is 0.880. The second-order valence-corrected chi connectivity index (χ2v) is 6.63. The minimum atomic E-state index is -0.667. The van der Waals surface area contributed by atoms with E-state index in [1.807, 2.05) is 13.8 Å². The van der Waals surface area contributed by atoms with Crippen molar-refractivity contribution < 1.29 is 13.5 Å². The van der Waals surface area contributed by atoms with Crippen LogP contribution in [0.1, 0.15) is 34.6 Å². The van der Waals surface area contributed by atoms with E-state index in [2.05, 4.69) is 26.1 Å². The molecule has 0 aromatic heterocycles. The fraction of sp³-hybridized carbons (Fsp3) is 0.600. The first kappa shape index (κ1) is 15.9. The molecule has 1 rings (SSSR count). The van der Waals surface area contributed by atoms with Gasteiger partial charge in [0.25, 0.3) is 0 Å². The SMILES string of the molecule is CC(C)(CNC(C)(C)C)COc1ccc(F)cc1F. The highest BCUT2D eigenvalue weighted by Crippen LogP contribution is 2.22. The Morgan fingerprint density at radius 2 is 1.74 bits per heavy atom. The van der Waals surface area contributed by atoms with Crippen LogP contribution in [0.25, 0.3) is 0 Å². The van der Waals surface area contributed by atoms with Crippen LogP contribution in [-0.2, 0) is 0 Å². The van der Waals surface area contributed by atoms with E-state index in [1.165, 1.54) is 12.1 Å². The van der Waals surface area contributed by atoms with E-state index in [0.29, 0.717) is 6.61 Å². The molecule has 2 nitrogen and oxygen atoms in total. The lowest BCUT2D eigenvalue weighted by Gasteiger charge is -2.30. The Morgan fingerprint density at radius 3 is 2.26 bits per heavy atom. The molecule has 0 aliphatic heterocycles. The van der Waals surface area contributed by atoms with E-state index in [0.717, 1.165) is 12.6 Å². The largest absolute Gasteiger partial charge is 0.490 e. The average molecular weight is 271 g/mol. The van der Waals surface area contributed by atoms with Crippen molar-refractivity contribution in [3.05, 3.63) is 29.8 Å². The molecule has 0 fully saturated rings. The van der Waals surface area contributed by atoms with E-state index >= 15 is 0 Å². The number of hydrogen-bond donors (Lipinski definition) is 1. The van der Waals surface area contributed by atoms with E-state index in [1.54, 1.807) is 0 Å². The van der Waals surface area contributed by atoms with Gasteiger partial charge in [0.2, 0.25) is 0 Å². The van der Waals surface area contributed by atoms with Crippen LogP contribution in [0.15, 0.2) is 18.2 Å². The number of halogens is 2. The molecular formula is C15H23F2NO. The third-order valence-electron chi connectivity index (χ3n) is 2.61. The van der Waals surface area contributed by atoms with Crippen molar-refractivity contribution >= 4 is 0 Å². The van der Waals surface area contributed by atoms with Gasteiger partial charge in [0.1, 0.15) is 5.82 Å². The second kappa shape index (κ2) is 5.87. The fourth-order valence-corrected chi connectivity index (χ4v) is 1.42. The summed E-state index contributed by atoms with van der Waals surface area (Å²) in [7, 11) is 0. The van der Waals surface area contributed by atoms with Gasteiger partial charge in [0.05, 0.1) is 6.61 Å². The smallest absolute Gasteiger partial charge is 0.167 e. The van der Waals surface area contributed by atoms with Crippen molar-refractivity contribution in [1.29, 1.82) is 0 Å². The molecule has 0 unspecified atom stereocenters. The molecule has 0 saturated heterocycles. The maximum atomic E-state index is 13.4. The van der Waals surface area contributed by atoms with Gasteiger partial charge in [-0.1, -0.05) is 13.8 Å². The summed E-state index contributed by atoms with van der Waals surface area (Å²) >= 11 is 0. The predicted molar refractivity (Wildman–Crippen MR) is 73.4 cm³/mol. The van der Waals surface area contributed by atoms with Crippen LogP contribution < -0.4 is 10.1 Å². The molecule has 0 heterocycles. The normalized spacial score (nSPS) is 12.6. The minimum absolute atomic E-state index is 0.0262. The first-order valence-electron chi connectivity index (χ1n) is 6.42. The maximum absolute atomic E-state index is 13.4. The van der Waals surface area contributed by atoms with Crippen LogP contribution >= 0.6 is 0 Å². The van der Waals surface area contributed by atoms with E-state index in [-0.39, 0.29) is 16.7 Å². The summed E-state index contributed by atoms with van der Waals surface area (Å²) in [6.07, 6.45) is 0. The maximum Gasteiger partial charge on any atom is 0.167 e. The molecule has 108 valence electrons. The molecule has 19 heavy (non-hydrogen) atoms. The van der Waals surface area contributed by atoms with Gasteiger partial charge in [-0.2, -0.15) is 0 Å². The lowest BCUT2D eigenvalue weighted by Crippen LogP contribution is -2.43. The average Bonchev–Trinajstić information content (AvgIpc) is 2.25. The number of hydrogen-bond acceptors (Lipinski definition) is 2. The van der Waals surface area contributed by atoms with Crippen molar-refractivity contribution in [2.45, 2.75) is 40.2 Å². The summed E-state index contributed by atoms with van der Waals surface area (Å²) in [5.74, 6) is -1.18. The molecule has 0 aliphatic carbocycles. The molecule has 1 aromatic rings. The molecule has 0 atom stereocenters. The van der Waals surface area contributed by atoms with Crippen LogP contribution in [0, 0.1) is 17.0 Å². The summed E-state index contributed by atoms with van der Waals surface area (Å²) in [5.41, 5.74) is -0.119. The Hall–Kier alpha value is -1.16. The standard InChI is InChI=1S/C15H23F2NO/c1-14(2,3)18-9-15(4,5)10-19-13-7-6-11(16)8-12(13)17/h6-8,18H,9-10H2,1-5H3. The zero-order chi connectivity index (χ0) is 14.7. The topological polar surface area (TPSA) is 21.3 Å². The summed E-state index contributed by atoms with van der Waals surface area (Å²) in [4.78, 5) is 0. The van der Waals surface area contributed by atoms with E-state index in [4.69, 9.17) is 4.74 Å². The number of nitrogens with one attached hydrogen (secondary N) is 1. The zero-order valence-electron chi connectivity index (χ0n) is 12.3. The van der Waals surface area contributed by atoms with Crippen LogP contribution in [-0.4, -0.2) is 18.7 Å². The molecule has 4 heteroatoms. The van der Waals surface area contributed by atoms with Gasteiger partial charge in [-0.15, -0.1) is 0 Å². The molecule has 0 spiro atoms.